The summed E-state index contributed by atoms with van der Waals surface area (Å²) in [4.78, 5) is 27.6. The van der Waals surface area contributed by atoms with Crippen LogP contribution in [0.5, 0.6) is 5.88 Å². The Bertz CT molecular complexity index is 942. The number of pyridine rings is 1. The average Bonchev–Trinajstić information content (AvgIpc) is 2.81. The van der Waals surface area contributed by atoms with E-state index in [1.807, 2.05) is 43.3 Å². The minimum atomic E-state index is -0.114. The Hall–Kier alpha value is -3.48. The summed E-state index contributed by atoms with van der Waals surface area (Å²) in [6.45, 7) is 3.61. The first-order valence-corrected chi connectivity index (χ1v) is 10.2. The third kappa shape index (κ3) is 4.92. The number of hydrogen-bond acceptors (Lipinski definition) is 6. The van der Waals surface area contributed by atoms with Crippen LogP contribution >= 0.6 is 0 Å². The van der Waals surface area contributed by atoms with Crippen LogP contribution in [0.2, 0.25) is 0 Å². The summed E-state index contributed by atoms with van der Waals surface area (Å²) < 4.78 is 5.88. The molecule has 1 N–H and O–H groups in total. The van der Waals surface area contributed by atoms with Crippen LogP contribution in [0, 0.1) is 0 Å². The number of carbonyl (C=O) groups is 1. The number of nitrogens with zero attached hydrogens (tertiary/aromatic N) is 4. The molecule has 2 aromatic heterocycles. The van der Waals surface area contributed by atoms with Crippen molar-refractivity contribution in [3.63, 3.8) is 0 Å². The van der Waals surface area contributed by atoms with Gasteiger partial charge in [-0.1, -0.05) is 30.3 Å². The molecule has 0 bridgehead atoms. The highest BCUT2D eigenvalue weighted by atomic mass is 16.5. The average molecular weight is 403 g/mol. The first-order valence-electron chi connectivity index (χ1n) is 10.2. The molecule has 1 aromatic carbocycles. The zero-order valence-corrected chi connectivity index (χ0v) is 16.9. The first-order chi connectivity index (χ1) is 14.7. The fourth-order valence-electron chi connectivity index (χ4n) is 3.50. The number of piperidine rings is 1. The van der Waals surface area contributed by atoms with Crippen molar-refractivity contribution in [1.29, 1.82) is 0 Å². The lowest BCUT2D eigenvalue weighted by Gasteiger charge is -2.32. The van der Waals surface area contributed by atoms with E-state index in [1.165, 1.54) is 0 Å². The van der Waals surface area contributed by atoms with Gasteiger partial charge in [-0.3, -0.25) is 4.79 Å². The molecule has 1 aliphatic rings. The van der Waals surface area contributed by atoms with Gasteiger partial charge in [0.2, 0.25) is 11.8 Å². The molecule has 1 fully saturated rings. The Labute approximate surface area is 176 Å². The number of rotatable bonds is 6. The number of nitrogens with one attached hydrogen (secondary N) is 1. The standard InChI is InChI=1S/C23H25N5O2/c1-17(18-6-3-2-4-7-18)30-21-9-8-19(16-26-21)22(29)27-20-10-14-28(15-11-20)23-24-12-5-13-25-23/h2-9,12-13,16-17,20H,10-11,14-15H2,1H3,(H,27,29)/t17-/m1/s1. The number of hydrogen-bond donors (Lipinski definition) is 1. The fraction of sp³-hybridized carbons (Fsp3) is 0.304. The summed E-state index contributed by atoms with van der Waals surface area (Å²) in [5.41, 5.74) is 1.61. The van der Waals surface area contributed by atoms with Crippen molar-refractivity contribution < 1.29 is 9.53 Å². The maximum Gasteiger partial charge on any atom is 0.253 e. The molecule has 1 aliphatic heterocycles. The molecule has 1 atom stereocenters. The molecule has 154 valence electrons. The molecule has 7 heteroatoms. The maximum absolute atomic E-state index is 12.6. The van der Waals surface area contributed by atoms with Crippen LogP contribution in [-0.2, 0) is 0 Å². The lowest BCUT2D eigenvalue weighted by Crippen LogP contribution is -2.45. The number of benzene rings is 1. The van der Waals surface area contributed by atoms with Gasteiger partial charge in [0.25, 0.3) is 5.91 Å². The molecule has 3 aromatic rings. The van der Waals surface area contributed by atoms with Crippen LogP contribution in [-0.4, -0.2) is 40.0 Å². The molecular formula is C23H25N5O2. The largest absolute Gasteiger partial charge is 0.470 e. The zero-order valence-electron chi connectivity index (χ0n) is 16.9. The van der Waals surface area contributed by atoms with Crippen LogP contribution < -0.4 is 15.0 Å². The highest BCUT2D eigenvalue weighted by molar-refractivity contribution is 5.94. The van der Waals surface area contributed by atoms with E-state index in [9.17, 15) is 4.79 Å². The Morgan fingerprint density at radius 3 is 2.43 bits per heavy atom. The van der Waals surface area contributed by atoms with Crippen LogP contribution in [0.3, 0.4) is 0 Å². The van der Waals surface area contributed by atoms with Crippen molar-refractivity contribution in [1.82, 2.24) is 20.3 Å². The second-order valence-electron chi connectivity index (χ2n) is 7.34. The van der Waals surface area contributed by atoms with Gasteiger partial charge in [0.1, 0.15) is 6.10 Å². The van der Waals surface area contributed by atoms with Gasteiger partial charge >= 0.3 is 0 Å². The normalized spacial score (nSPS) is 15.4. The summed E-state index contributed by atoms with van der Waals surface area (Å²) >= 11 is 0. The SMILES string of the molecule is C[C@@H](Oc1ccc(C(=O)NC2CCN(c3ncccn3)CC2)cn1)c1ccccc1. The zero-order chi connectivity index (χ0) is 20.8. The Kier molecular flexibility index (Phi) is 6.17. The summed E-state index contributed by atoms with van der Waals surface area (Å²) in [6, 6.07) is 15.4. The van der Waals surface area contributed by atoms with Gasteiger partial charge in [-0.05, 0) is 37.5 Å². The van der Waals surface area contributed by atoms with E-state index in [4.69, 9.17) is 4.74 Å². The molecule has 0 spiro atoms. The van der Waals surface area contributed by atoms with E-state index in [-0.39, 0.29) is 18.1 Å². The van der Waals surface area contributed by atoms with Crippen molar-refractivity contribution in [2.45, 2.75) is 31.9 Å². The number of ether oxygens (including phenoxy) is 1. The van der Waals surface area contributed by atoms with E-state index < -0.39 is 0 Å². The van der Waals surface area contributed by atoms with Crippen LogP contribution in [0.25, 0.3) is 0 Å². The van der Waals surface area contributed by atoms with Crippen molar-refractivity contribution in [3.05, 3.63) is 78.2 Å². The van der Waals surface area contributed by atoms with Crippen LogP contribution in [0.15, 0.2) is 67.1 Å². The fourth-order valence-corrected chi connectivity index (χ4v) is 3.50. The predicted molar refractivity (Wildman–Crippen MR) is 114 cm³/mol. The minimum absolute atomic E-state index is 0.112. The van der Waals surface area contributed by atoms with Crippen molar-refractivity contribution >= 4 is 11.9 Å². The predicted octanol–water partition coefficient (Wildman–Crippen LogP) is 3.41. The van der Waals surface area contributed by atoms with Gasteiger partial charge < -0.3 is 15.0 Å². The molecule has 0 saturated carbocycles. The Morgan fingerprint density at radius 1 is 1.03 bits per heavy atom. The van der Waals surface area contributed by atoms with Gasteiger partial charge in [0, 0.05) is 43.8 Å². The van der Waals surface area contributed by atoms with E-state index in [0.717, 1.165) is 37.4 Å². The lowest BCUT2D eigenvalue weighted by molar-refractivity contribution is 0.0930. The summed E-state index contributed by atoms with van der Waals surface area (Å²) in [5.74, 6) is 1.13. The van der Waals surface area contributed by atoms with Gasteiger partial charge in [-0.25, -0.2) is 15.0 Å². The van der Waals surface area contributed by atoms with Gasteiger partial charge in [-0.15, -0.1) is 0 Å². The summed E-state index contributed by atoms with van der Waals surface area (Å²) in [5, 5.41) is 3.11. The smallest absolute Gasteiger partial charge is 0.253 e. The van der Waals surface area contributed by atoms with E-state index in [0.29, 0.717) is 11.4 Å². The third-order valence-corrected chi connectivity index (χ3v) is 5.23. The molecule has 1 amide bonds. The van der Waals surface area contributed by atoms with Gasteiger partial charge in [0.15, 0.2) is 0 Å². The molecule has 4 rings (SSSR count). The lowest BCUT2D eigenvalue weighted by atomic mass is 10.0. The quantitative estimate of drug-likeness (QED) is 0.679. The molecule has 1 saturated heterocycles. The second kappa shape index (κ2) is 9.35. The van der Waals surface area contributed by atoms with Gasteiger partial charge in [-0.2, -0.15) is 0 Å². The molecule has 0 aliphatic carbocycles. The highest BCUT2D eigenvalue weighted by Crippen LogP contribution is 2.20. The Balaban J connectivity index is 1.28. The molecular weight excluding hydrogens is 378 g/mol. The number of carbonyl (C=O) groups excluding carboxylic acids is 1. The highest BCUT2D eigenvalue weighted by Gasteiger charge is 2.22. The third-order valence-electron chi connectivity index (χ3n) is 5.23. The van der Waals surface area contributed by atoms with Crippen molar-refractivity contribution in [2.75, 3.05) is 18.0 Å². The molecule has 0 unspecified atom stereocenters. The number of aromatic nitrogens is 3. The monoisotopic (exact) mass is 403 g/mol. The topological polar surface area (TPSA) is 80.2 Å². The molecule has 0 radical (unpaired) electrons. The molecule has 3 heterocycles. The van der Waals surface area contributed by atoms with Crippen molar-refractivity contribution in [3.8, 4) is 5.88 Å². The minimum Gasteiger partial charge on any atom is -0.470 e. The van der Waals surface area contributed by atoms with Gasteiger partial charge in [0.05, 0.1) is 5.56 Å². The first kappa shape index (κ1) is 19.8. The van der Waals surface area contributed by atoms with E-state index in [2.05, 4.69) is 25.2 Å². The molecule has 30 heavy (non-hydrogen) atoms. The van der Waals surface area contributed by atoms with Crippen molar-refractivity contribution in [2.24, 2.45) is 0 Å². The second-order valence-corrected chi connectivity index (χ2v) is 7.34. The van der Waals surface area contributed by atoms with E-state index in [1.54, 1.807) is 30.7 Å². The maximum atomic E-state index is 12.6. The number of amides is 1. The Morgan fingerprint density at radius 2 is 1.77 bits per heavy atom. The number of anilines is 1. The van der Waals surface area contributed by atoms with E-state index >= 15 is 0 Å². The van der Waals surface area contributed by atoms with Crippen LogP contribution in [0.1, 0.15) is 41.8 Å². The summed E-state index contributed by atoms with van der Waals surface area (Å²) in [7, 11) is 0. The summed E-state index contributed by atoms with van der Waals surface area (Å²) in [6.07, 6.45) is 6.65. The molecule has 7 nitrogen and oxygen atoms in total. The van der Waals surface area contributed by atoms with Crippen LogP contribution in [0.4, 0.5) is 5.95 Å².